The van der Waals surface area contributed by atoms with Crippen LogP contribution in [0.1, 0.15) is 17.4 Å². The number of hydrogen-bond acceptors (Lipinski definition) is 3. The Bertz CT molecular complexity index is 478. The third kappa shape index (κ3) is 1.57. The molecule has 2 rings (SSSR count). The summed E-state index contributed by atoms with van der Waals surface area (Å²) in [6, 6.07) is 7.27. The number of hydrogen-bond donors (Lipinski definition) is 3. The van der Waals surface area contributed by atoms with E-state index in [4.69, 9.17) is 0 Å². The van der Waals surface area contributed by atoms with Crippen molar-refractivity contribution >= 4 is 11.6 Å². The lowest BCUT2D eigenvalue weighted by atomic mass is 10.1. The van der Waals surface area contributed by atoms with Crippen LogP contribution in [0, 0.1) is 0 Å². The van der Waals surface area contributed by atoms with Gasteiger partial charge in [0.05, 0.1) is 20.2 Å². The Balaban J connectivity index is 2.65. The molecule has 0 aromatic heterocycles. The Hall–Kier alpha value is -1.81. The highest BCUT2D eigenvalue weighted by atomic mass is 16.3. The molecule has 0 saturated heterocycles. The first-order valence-corrected chi connectivity index (χ1v) is 5.10. The second-order valence-corrected chi connectivity index (χ2v) is 3.74. The van der Waals surface area contributed by atoms with Gasteiger partial charge in [-0.15, -0.1) is 0 Å². The maximum atomic E-state index is 10.1. The van der Waals surface area contributed by atoms with E-state index in [0.29, 0.717) is 17.0 Å². The highest BCUT2D eigenvalue weighted by Crippen LogP contribution is 2.25. The van der Waals surface area contributed by atoms with E-state index in [-0.39, 0.29) is 5.76 Å². The summed E-state index contributed by atoms with van der Waals surface area (Å²) in [6.45, 7) is 0. The first kappa shape index (κ1) is 10.7. The minimum Gasteiger partial charge on any atom is -0.507 e. The molecule has 1 aliphatic heterocycles. The van der Waals surface area contributed by atoms with Crippen molar-refractivity contribution in [2.24, 2.45) is 0 Å². The number of aliphatic hydroxyl groups is 2. The second-order valence-electron chi connectivity index (χ2n) is 3.74. The molecule has 1 atom stereocenters. The Labute approximate surface area is 94.2 Å². The average Bonchev–Trinajstić information content (AvgIpc) is 2.41. The van der Waals surface area contributed by atoms with Gasteiger partial charge < -0.3 is 10.2 Å². The lowest BCUT2D eigenvalue weighted by molar-refractivity contribution is -0.593. The van der Waals surface area contributed by atoms with E-state index < -0.39 is 6.23 Å². The molecular formula is C12H15N2O2+. The molecule has 1 aliphatic rings. The van der Waals surface area contributed by atoms with E-state index in [1.165, 1.54) is 0 Å². The fraction of sp³-hybridized carbons (Fsp3) is 0.250. The number of nitrogens with one attached hydrogen (secondary N) is 1. The van der Waals surface area contributed by atoms with Crippen molar-refractivity contribution in [2.75, 3.05) is 14.1 Å². The molecule has 0 spiro atoms. The Kier molecular flexibility index (Phi) is 2.66. The molecule has 0 amide bonds. The maximum Gasteiger partial charge on any atom is 0.275 e. The van der Waals surface area contributed by atoms with E-state index in [2.05, 4.69) is 5.32 Å². The number of amidine groups is 1. The van der Waals surface area contributed by atoms with Crippen molar-refractivity contribution in [3.05, 3.63) is 41.5 Å². The van der Waals surface area contributed by atoms with E-state index in [9.17, 15) is 10.2 Å². The van der Waals surface area contributed by atoms with Gasteiger partial charge in [-0.05, 0) is 0 Å². The molecule has 84 valence electrons. The van der Waals surface area contributed by atoms with Crippen molar-refractivity contribution in [1.29, 1.82) is 0 Å². The van der Waals surface area contributed by atoms with Crippen LogP contribution in [-0.4, -0.2) is 34.7 Å². The van der Waals surface area contributed by atoms with Crippen LogP contribution in [0.5, 0.6) is 0 Å². The molecule has 1 heterocycles. The normalized spacial score (nSPS) is 19.9. The van der Waals surface area contributed by atoms with E-state index in [1.807, 2.05) is 12.1 Å². The van der Waals surface area contributed by atoms with Crippen molar-refractivity contribution < 1.29 is 14.8 Å². The van der Waals surface area contributed by atoms with E-state index in [1.54, 1.807) is 36.9 Å². The Morgan fingerprint density at radius 3 is 2.69 bits per heavy atom. The zero-order valence-electron chi connectivity index (χ0n) is 9.31. The summed E-state index contributed by atoms with van der Waals surface area (Å²) in [4.78, 5) is 0. The van der Waals surface area contributed by atoms with Gasteiger partial charge in [0.1, 0.15) is 5.76 Å². The van der Waals surface area contributed by atoms with E-state index >= 15 is 0 Å². The minimum atomic E-state index is -0.764. The van der Waals surface area contributed by atoms with Crippen LogP contribution < -0.4 is 5.32 Å². The number of aliphatic hydroxyl groups excluding tert-OH is 2. The summed E-state index contributed by atoms with van der Waals surface area (Å²) in [7, 11) is 3.51. The van der Waals surface area contributed by atoms with Crippen LogP contribution >= 0.6 is 0 Å². The van der Waals surface area contributed by atoms with Crippen LogP contribution in [-0.2, 0) is 0 Å². The third-order valence-corrected chi connectivity index (χ3v) is 2.79. The monoisotopic (exact) mass is 219 g/mol. The molecule has 4 heteroatoms. The Morgan fingerprint density at radius 1 is 1.31 bits per heavy atom. The molecule has 3 N–H and O–H groups in total. The predicted octanol–water partition coefficient (Wildman–Crippen LogP) is 0.850. The molecule has 16 heavy (non-hydrogen) atoms. The molecule has 0 bridgehead atoms. The van der Waals surface area contributed by atoms with Crippen LogP contribution in [0.2, 0.25) is 0 Å². The van der Waals surface area contributed by atoms with Crippen LogP contribution in [0.3, 0.4) is 0 Å². The highest BCUT2D eigenvalue weighted by molar-refractivity contribution is 5.95. The van der Waals surface area contributed by atoms with Gasteiger partial charge in [0.15, 0.2) is 0 Å². The summed E-state index contributed by atoms with van der Waals surface area (Å²) in [5.74, 6) is 0.824. The fourth-order valence-corrected chi connectivity index (χ4v) is 1.85. The molecule has 0 fully saturated rings. The largest absolute Gasteiger partial charge is 0.507 e. The van der Waals surface area contributed by atoms with Gasteiger partial charge in [-0.3, -0.25) is 5.32 Å². The summed E-state index contributed by atoms with van der Waals surface area (Å²) >= 11 is 0. The van der Waals surface area contributed by atoms with Crippen molar-refractivity contribution in [3.8, 4) is 0 Å². The molecular weight excluding hydrogens is 204 g/mol. The van der Waals surface area contributed by atoms with Crippen LogP contribution in [0.25, 0.3) is 5.76 Å². The van der Waals surface area contributed by atoms with Gasteiger partial charge in [-0.25, -0.2) is 4.58 Å². The van der Waals surface area contributed by atoms with Gasteiger partial charge in [-0.1, -0.05) is 24.3 Å². The number of likely N-dealkylation sites (N-methyl/N-ethyl adjacent to an activating group) is 1. The quantitative estimate of drug-likeness (QED) is 0.567. The zero-order valence-corrected chi connectivity index (χ0v) is 9.31. The van der Waals surface area contributed by atoms with Gasteiger partial charge in [-0.2, -0.15) is 0 Å². The van der Waals surface area contributed by atoms with Crippen molar-refractivity contribution in [3.63, 3.8) is 0 Å². The van der Waals surface area contributed by atoms with Crippen LogP contribution in [0.15, 0.2) is 30.3 Å². The fourth-order valence-electron chi connectivity index (χ4n) is 1.85. The summed E-state index contributed by atoms with van der Waals surface area (Å²) in [5, 5.41) is 23.0. The van der Waals surface area contributed by atoms with Gasteiger partial charge in [0.2, 0.25) is 6.23 Å². The third-order valence-electron chi connectivity index (χ3n) is 2.79. The zero-order chi connectivity index (χ0) is 11.7. The van der Waals surface area contributed by atoms with Gasteiger partial charge >= 0.3 is 0 Å². The highest BCUT2D eigenvalue weighted by Gasteiger charge is 2.25. The molecule has 4 nitrogen and oxygen atoms in total. The van der Waals surface area contributed by atoms with Gasteiger partial charge in [0, 0.05) is 11.1 Å². The summed E-state index contributed by atoms with van der Waals surface area (Å²) in [6.07, 6.45) is 0.842. The molecule has 0 radical (unpaired) electrons. The number of fused-ring (bicyclic) bond motifs is 1. The molecule has 0 aliphatic carbocycles. The molecule has 0 saturated carbocycles. The molecule has 1 aromatic rings. The van der Waals surface area contributed by atoms with Crippen molar-refractivity contribution in [2.45, 2.75) is 6.23 Å². The van der Waals surface area contributed by atoms with Gasteiger partial charge in [0.25, 0.3) is 5.84 Å². The smallest absolute Gasteiger partial charge is 0.275 e. The number of benzene rings is 1. The van der Waals surface area contributed by atoms with Crippen molar-refractivity contribution in [1.82, 2.24) is 5.32 Å². The number of nitrogens with zero attached hydrogens (tertiary/aromatic N) is 1. The Morgan fingerprint density at radius 2 is 2.00 bits per heavy atom. The number of rotatable bonds is 0. The lowest BCUT2D eigenvalue weighted by Gasteiger charge is -2.12. The van der Waals surface area contributed by atoms with E-state index in [0.717, 1.165) is 0 Å². The second kappa shape index (κ2) is 3.98. The standard InChI is InChI=1S/C12H14N2O2/c1-13-11-7-10(15)8-5-3-4-6-9(8)12(16)14(11)2/h3-7,12,16H,1-2H3,(H,13,15)/p+1. The lowest BCUT2D eigenvalue weighted by Crippen LogP contribution is -2.29. The SMILES string of the molecule is CNC1=[N+](C)C(O)c2ccccc2C(O)=C1. The molecule has 1 aromatic carbocycles. The van der Waals surface area contributed by atoms with Crippen LogP contribution in [0.4, 0.5) is 0 Å². The summed E-state index contributed by atoms with van der Waals surface area (Å²) < 4.78 is 1.67. The first-order valence-electron chi connectivity index (χ1n) is 5.10. The predicted molar refractivity (Wildman–Crippen MR) is 62.3 cm³/mol. The topological polar surface area (TPSA) is 55.5 Å². The minimum absolute atomic E-state index is 0.156. The summed E-state index contributed by atoms with van der Waals surface area (Å²) in [5.41, 5.74) is 1.36. The first-order chi connectivity index (χ1) is 7.65. The average molecular weight is 219 g/mol. The molecule has 1 unspecified atom stereocenters. The maximum absolute atomic E-state index is 10.1.